The summed E-state index contributed by atoms with van der Waals surface area (Å²) in [5.41, 5.74) is 7.96. The Morgan fingerprint density at radius 1 is 1.42 bits per heavy atom. The number of hydrogen-bond acceptors (Lipinski definition) is 1. The fraction of sp³-hybridized carbons (Fsp3) is 0.857. The van der Waals surface area contributed by atoms with Crippen LogP contribution < -0.4 is 5.32 Å². The number of carbonyl (C=O) groups excluding carboxylic acids is 1. The number of hydrogen-bond donors (Lipinski definition) is 1. The Morgan fingerprint density at radius 3 is 2.67 bits per heavy atom. The Hall–Kier alpha value is -1.22. The van der Waals surface area contributed by atoms with Gasteiger partial charge in [0.25, 0.3) is 0 Å². The van der Waals surface area contributed by atoms with Crippen molar-refractivity contribution in [2.45, 2.75) is 38.1 Å². The third-order valence-electron chi connectivity index (χ3n) is 2.07. The molecular formula is C7H12N4O. The highest BCUT2D eigenvalue weighted by atomic mass is 16.2. The molecular weight excluding hydrogens is 156 g/mol. The van der Waals surface area contributed by atoms with Gasteiger partial charge in [-0.15, -0.1) is 0 Å². The minimum Gasteiger partial charge on any atom is -0.348 e. The van der Waals surface area contributed by atoms with E-state index in [1.54, 1.807) is 0 Å². The molecule has 12 heavy (non-hydrogen) atoms. The van der Waals surface area contributed by atoms with Crippen LogP contribution in [0.25, 0.3) is 10.4 Å². The van der Waals surface area contributed by atoms with Crippen LogP contribution in [0.4, 0.5) is 4.79 Å². The van der Waals surface area contributed by atoms with Gasteiger partial charge in [-0.1, -0.05) is 19.3 Å². The highest BCUT2D eigenvalue weighted by Gasteiger charge is 2.14. The molecule has 0 aromatic rings. The van der Waals surface area contributed by atoms with E-state index in [1.165, 1.54) is 6.42 Å². The quantitative estimate of drug-likeness (QED) is 0.364. The van der Waals surface area contributed by atoms with Crippen LogP contribution in [0.1, 0.15) is 32.1 Å². The van der Waals surface area contributed by atoms with E-state index in [9.17, 15) is 4.79 Å². The summed E-state index contributed by atoms with van der Waals surface area (Å²) in [4.78, 5) is 13.2. The highest BCUT2D eigenvalue weighted by Crippen LogP contribution is 2.17. The van der Waals surface area contributed by atoms with Gasteiger partial charge in [0.1, 0.15) is 0 Å². The third-order valence-corrected chi connectivity index (χ3v) is 2.07. The third kappa shape index (κ3) is 2.80. The maximum atomic E-state index is 10.8. The minimum atomic E-state index is -0.551. The molecule has 1 aliphatic carbocycles. The second-order valence-corrected chi connectivity index (χ2v) is 2.97. The van der Waals surface area contributed by atoms with Crippen molar-refractivity contribution < 1.29 is 4.79 Å². The number of urea groups is 1. The molecule has 0 heterocycles. The van der Waals surface area contributed by atoms with Crippen LogP contribution in [0, 0.1) is 0 Å². The van der Waals surface area contributed by atoms with E-state index in [-0.39, 0.29) is 6.04 Å². The van der Waals surface area contributed by atoms with Crippen LogP contribution in [0.3, 0.4) is 0 Å². The van der Waals surface area contributed by atoms with Crippen LogP contribution in [-0.2, 0) is 0 Å². The van der Waals surface area contributed by atoms with E-state index in [0.717, 1.165) is 25.7 Å². The number of nitrogens with zero attached hydrogens (tertiary/aromatic N) is 3. The lowest BCUT2D eigenvalue weighted by Gasteiger charge is -2.21. The molecule has 0 aromatic carbocycles. The Labute approximate surface area is 70.8 Å². The van der Waals surface area contributed by atoms with Crippen molar-refractivity contribution in [1.82, 2.24) is 5.32 Å². The van der Waals surface area contributed by atoms with Gasteiger partial charge in [0, 0.05) is 16.1 Å². The molecule has 0 bridgehead atoms. The number of amides is 2. The first-order valence-corrected chi connectivity index (χ1v) is 4.18. The zero-order valence-corrected chi connectivity index (χ0v) is 6.86. The van der Waals surface area contributed by atoms with Gasteiger partial charge in [0.05, 0.1) is 0 Å². The monoisotopic (exact) mass is 168 g/mol. The molecule has 2 amide bonds. The van der Waals surface area contributed by atoms with Crippen molar-refractivity contribution in [1.29, 1.82) is 0 Å². The van der Waals surface area contributed by atoms with Gasteiger partial charge in [0.15, 0.2) is 0 Å². The lowest BCUT2D eigenvalue weighted by molar-refractivity contribution is 0.241. The summed E-state index contributed by atoms with van der Waals surface area (Å²) in [5, 5.41) is 5.61. The number of nitrogens with one attached hydrogen (secondary N) is 1. The standard InChI is InChI=1S/C7H12N4O/c8-11-10-7(12)9-6-4-2-1-3-5-6/h6H,1-5H2,(H,9,12). The van der Waals surface area contributed by atoms with Crippen LogP contribution in [0.15, 0.2) is 5.11 Å². The second kappa shape index (κ2) is 4.62. The van der Waals surface area contributed by atoms with Crippen molar-refractivity contribution in [2.24, 2.45) is 5.11 Å². The van der Waals surface area contributed by atoms with Crippen LogP contribution >= 0.6 is 0 Å². The molecule has 5 heteroatoms. The predicted octanol–water partition coefficient (Wildman–Crippen LogP) is 2.34. The van der Waals surface area contributed by atoms with E-state index in [0.29, 0.717) is 0 Å². The summed E-state index contributed by atoms with van der Waals surface area (Å²) in [6, 6.07) is -0.332. The molecule has 0 spiro atoms. The molecule has 1 aliphatic rings. The Morgan fingerprint density at radius 2 is 2.08 bits per heavy atom. The summed E-state index contributed by atoms with van der Waals surface area (Å²) < 4.78 is 0. The van der Waals surface area contributed by atoms with Gasteiger partial charge in [-0.3, -0.25) is 4.79 Å². The molecule has 1 saturated carbocycles. The smallest absolute Gasteiger partial charge is 0.308 e. The minimum absolute atomic E-state index is 0.219. The SMILES string of the molecule is [N-]=[N+]=NC(=O)NC1CCCCC1. The fourth-order valence-electron chi connectivity index (χ4n) is 1.49. The topological polar surface area (TPSA) is 77.9 Å². The summed E-state index contributed by atoms with van der Waals surface area (Å²) in [6.07, 6.45) is 5.57. The molecule has 0 radical (unpaired) electrons. The van der Waals surface area contributed by atoms with E-state index in [4.69, 9.17) is 5.53 Å². The lowest BCUT2D eigenvalue weighted by atomic mass is 9.96. The first kappa shape index (κ1) is 8.87. The predicted molar refractivity (Wildman–Crippen MR) is 44.6 cm³/mol. The first-order valence-electron chi connectivity index (χ1n) is 4.18. The Kier molecular flexibility index (Phi) is 3.41. The molecule has 0 unspecified atom stereocenters. The lowest BCUT2D eigenvalue weighted by Crippen LogP contribution is -2.33. The number of azide groups is 1. The van der Waals surface area contributed by atoms with E-state index in [2.05, 4.69) is 15.3 Å². The second-order valence-electron chi connectivity index (χ2n) is 2.97. The molecule has 0 aliphatic heterocycles. The van der Waals surface area contributed by atoms with Gasteiger partial charge in [-0.2, -0.15) is 0 Å². The van der Waals surface area contributed by atoms with Crippen molar-refractivity contribution >= 4 is 6.03 Å². The molecule has 1 fully saturated rings. The summed E-state index contributed by atoms with van der Waals surface area (Å²) >= 11 is 0. The van der Waals surface area contributed by atoms with E-state index >= 15 is 0 Å². The van der Waals surface area contributed by atoms with Gasteiger partial charge in [-0.25, -0.2) is 0 Å². The molecule has 0 atom stereocenters. The van der Waals surface area contributed by atoms with Gasteiger partial charge >= 0.3 is 6.03 Å². The average molecular weight is 168 g/mol. The summed E-state index contributed by atoms with van der Waals surface area (Å²) in [6.45, 7) is 0. The maximum Gasteiger partial charge on any atom is 0.308 e. The zero-order valence-electron chi connectivity index (χ0n) is 6.86. The van der Waals surface area contributed by atoms with E-state index in [1.807, 2.05) is 0 Å². The first-order chi connectivity index (χ1) is 5.83. The highest BCUT2D eigenvalue weighted by molar-refractivity contribution is 5.74. The average Bonchev–Trinajstić information content (AvgIpc) is 2.06. The Bertz CT molecular complexity index is 203. The van der Waals surface area contributed by atoms with Crippen LogP contribution in [-0.4, -0.2) is 12.1 Å². The van der Waals surface area contributed by atoms with Gasteiger partial charge in [0.2, 0.25) is 0 Å². The van der Waals surface area contributed by atoms with Gasteiger partial charge in [-0.05, 0) is 18.4 Å². The van der Waals surface area contributed by atoms with Crippen molar-refractivity contribution in [2.75, 3.05) is 0 Å². The molecule has 1 N–H and O–H groups in total. The largest absolute Gasteiger partial charge is 0.348 e. The normalized spacial score (nSPS) is 18.0. The molecule has 5 nitrogen and oxygen atoms in total. The molecule has 66 valence electrons. The van der Waals surface area contributed by atoms with Crippen molar-refractivity contribution in [3.8, 4) is 0 Å². The summed E-state index contributed by atoms with van der Waals surface area (Å²) in [5.74, 6) is 0. The Balaban J connectivity index is 2.29. The van der Waals surface area contributed by atoms with Crippen molar-refractivity contribution in [3.63, 3.8) is 0 Å². The fourth-order valence-corrected chi connectivity index (χ4v) is 1.49. The van der Waals surface area contributed by atoms with Crippen LogP contribution in [0.2, 0.25) is 0 Å². The molecule has 0 aromatic heterocycles. The maximum absolute atomic E-state index is 10.8. The van der Waals surface area contributed by atoms with Gasteiger partial charge < -0.3 is 5.32 Å². The molecule has 0 saturated heterocycles. The van der Waals surface area contributed by atoms with Crippen molar-refractivity contribution in [3.05, 3.63) is 10.4 Å². The van der Waals surface area contributed by atoms with Crippen LogP contribution in [0.5, 0.6) is 0 Å². The number of carbonyl (C=O) groups is 1. The summed E-state index contributed by atoms with van der Waals surface area (Å²) in [7, 11) is 0. The zero-order chi connectivity index (χ0) is 8.81. The van der Waals surface area contributed by atoms with E-state index < -0.39 is 6.03 Å². The number of rotatable bonds is 1. The molecule has 1 rings (SSSR count).